The first kappa shape index (κ1) is 18.7. The van der Waals surface area contributed by atoms with Crippen molar-refractivity contribution in [1.29, 1.82) is 5.26 Å². The van der Waals surface area contributed by atoms with E-state index in [0.29, 0.717) is 31.1 Å². The van der Waals surface area contributed by atoms with Crippen LogP contribution in [0.25, 0.3) is 0 Å². The van der Waals surface area contributed by atoms with Crippen molar-refractivity contribution in [2.24, 2.45) is 17.3 Å². The summed E-state index contributed by atoms with van der Waals surface area (Å²) in [6.45, 7) is 1.58. The molecule has 1 amide bonds. The minimum Gasteiger partial charge on any atom is -0.452 e. The van der Waals surface area contributed by atoms with Gasteiger partial charge in [0, 0.05) is 0 Å². The highest BCUT2D eigenvalue weighted by atomic mass is 16.5. The summed E-state index contributed by atoms with van der Waals surface area (Å²) in [6.07, 6.45) is 7.97. The molecule has 0 aliphatic heterocycles. The van der Waals surface area contributed by atoms with Gasteiger partial charge in [0.1, 0.15) is 5.54 Å². The van der Waals surface area contributed by atoms with Crippen molar-refractivity contribution in [2.45, 2.75) is 94.8 Å². The first-order chi connectivity index (χ1) is 12.8. The molecule has 0 heterocycles. The van der Waals surface area contributed by atoms with Crippen LogP contribution in [0.3, 0.4) is 0 Å². The molecule has 5 fully saturated rings. The van der Waals surface area contributed by atoms with Gasteiger partial charge in [0.15, 0.2) is 6.10 Å². The van der Waals surface area contributed by atoms with E-state index in [1.807, 2.05) is 0 Å². The highest BCUT2D eigenvalue weighted by molar-refractivity contribution is 5.86. The Morgan fingerprint density at radius 2 is 1.78 bits per heavy atom. The third-order valence-corrected chi connectivity index (χ3v) is 7.40. The van der Waals surface area contributed by atoms with Crippen molar-refractivity contribution in [3.8, 4) is 6.07 Å². The zero-order valence-corrected chi connectivity index (χ0v) is 16.1. The number of amides is 1. The maximum absolute atomic E-state index is 13.0. The van der Waals surface area contributed by atoms with Gasteiger partial charge in [-0.25, -0.2) is 0 Å². The van der Waals surface area contributed by atoms with Crippen LogP contribution in [0, 0.1) is 28.6 Å². The second-order valence-corrected chi connectivity index (χ2v) is 9.76. The molecule has 4 bridgehead atoms. The van der Waals surface area contributed by atoms with Gasteiger partial charge in [-0.2, -0.15) is 5.26 Å². The number of hydrogen-bond donors (Lipinski definition) is 2. The largest absolute Gasteiger partial charge is 0.452 e. The van der Waals surface area contributed by atoms with Crippen LogP contribution in [0.5, 0.6) is 0 Å². The molecule has 27 heavy (non-hydrogen) atoms. The Hall–Kier alpha value is -1.61. The maximum atomic E-state index is 13.0. The molecule has 5 aliphatic rings. The summed E-state index contributed by atoms with van der Waals surface area (Å²) in [5.41, 5.74) is -2.20. The quantitative estimate of drug-likeness (QED) is 0.737. The lowest BCUT2D eigenvalue weighted by Crippen LogP contribution is -2.59. The lowest BCUT2D eigenvalue weighted by atomic mass is 9.48. The fourth-order valence-electron chi connectivity index (χ4n) is 6.55. The highest BCUT2D eigenvalue weighted by Crippen LogP contribution is 2.62. The smallest absolute Gasteiger partial charge is 0.312 e. The van der Waals surface area contributed by atoms with Crippen molar-refractivity contribution >= 4 is 11.9 Å². The number of nitrogens with zero attached hydrogens (tertiary/aromatic N) is 1. The number of carbonyl (C=O) groups excluding carboxylic acids is 2. The summed E-state index contributed by atoms with van der Waals surface area (Å²) in [7, 11) is 0. The molecule has 3 atom stereocenters. The van der Waals surface area contributed by atoms with Crippen LogP contribution in [0.2, 0.25) is 0 Å². The average molecular weight is 374 g/mol. The number of ether oxygens (including phenoxy) is 1. The van der Waals surface area contributed by atoms with E-state index in [2.05, 4.69) is 11.4 Å². The van der Waals surface area contributed by atoms with E-state index >= 15 is 0 Å². The fourth-order valence-corrected chi connectivity index (χ4v) is 6.55. The SMILES string of the molecule is C[C@@H](OC(=O)C12C[C@H]3C[C@@H](CC(O)(C3)C1)C2)C(=O)NC1(C#N)CCCCC1. The van der Waals surface area contributed by atoms with Gasteiger partial charge in [0.05, 0.1) is 17.1 Å². The molecule has 0 aromatic heterocycles. The van der Waals surface area contributed by atoms with Crippen LogP contribution >= 0.6 is 0 Å². The van der Waals surface area contributed by atoms with E-state index in [-0.39, 0.29) is 5.97 Å². The van der Waals surface area contributed by atoms with Crippen molar-refractivity contribution in [3.63, 3.8) is 0 Å². The molecule has 0 aromatic carbocycles. The number of hydrogen-bond acceptors (Lipinski definition) is 5. The van der Waals surface area contributed by atoms with Gasteiger partial charge in [-0.15, -0.1) is 0 Å². The molecule has 2 N–H and O–H groups in total. The molecule has 5 rings (SSSR count). The predicted molar refractivity (Wildman–Crippen MR) is 97.2 cm³/mol. The zero-order valence-electron chi connectivity index (χ0n) is 16.1. The summed E-state index contributed by atoms with van der Waals surface area (Å²) < 4.78 is 5.60. The summed E-state index contributed by atoms with van der Waals surface area (Å²) in [4.78, 5) is 25.6. The van der Waals surface area contributed by atoms with Crippen LogP contribution in [-0.2, 0) is 14.3 Å². The van der Waals surface area contributed by atoms with E-state index < -0.39 is 28.6 Å². The van der Waals surface area contributed by atoms with E-state index in [9.17, 15) is 20.0 Å². The van der Waals surface area contributed by atoms with Crippen molar-refractivity contribution in [2.75, 3.05) is 0 Å². The lowest BCUT2D eigenvalue weighted by molar-refractivity contribution is -0.200. The van der Waals surface area contributed by atoms with E-state index in [4.69, 9.17) is 4.74 Å². The van der Waals surface area contributed by atoms with Crippen LogP contribution in [0.15, 0.2) is 0 Å². The van der Waals surface area contributed by atoms with Gasteiger partial charge >= 0.3 is 5.97 Å². The molecule has 0 radical (unpaired) electrons. The van der Waals surface area contributed by atoms with E-state index in [0.717, 1.165) is 51.4 Å². The van der Waals surface area contributed by atoms with Crippen molar-refractivity contribution < 1.29 is 19.4 Å². The Morgan fingerprint density at radius 1 is 1.15 bits per heavy atom. The molecule has 0 aromatic rings. The minimum absolute atomic E-state index is 0.340. The average Bonchev–Trinajstić information content (AvgIpc) is 2.60. The minimum atomic E-state index is -0.924. The Morgan fingerprint density at radius 3 is 2.33 bits per heavy atom. The molecule has 6 heteroatoms. The number of esters is 1. The molecule has 5 aliphatic carbocycles. The van der Waals surface area contributed by atoms with Crippen LogP contribution in [-0.4, -0.2) is 34.2 Å². The third-order valence-electron chi connectivity index (χ3n) is 7.40. The zero-order chi connectivity index (χ0) is 19.3. The van der Waals surface area contributed by atoms with Gasteiger partial charge in [0.2, 0.25) is 0 Å². The van der Waals surface area contributed by atoms with Crippen molar-refractivity contribution in [3.05, 3.63) is 0 Å². The standard InChI is InChI=1S/C21H30N2O4/c1-14(17(24)23-20(13-22)5-3-2-4-6-20)27-18(25)19-8-15-7-16(9-19)11-21(26,10-15)12-19/h14-16,26H,2-12H2,1H3,(H,23,24)/t14-,15-,16-,19?,21?/m1/s1. The summed E-state index contributed by atoms with van der Waals surface area (Å²) in [5, 5.41) is 23.2. The predicted octanol–water partition coefficient (Wildman–Crippen LogP) is 2.59. The summed E-state index contributed by atoms with van der Waals surface area (Å²) in [5.74, 6) is 0.0385. The summed E-state index contributed by atoms with van der Waals surface area (Å²) in [6, 6.07) is 2.26. The third kappa shape index (κ3) is 3.35. The van der Waals surface area contributed by atoms with Crippen LogP contribution < -0.4 is 5.32 Å². The number of aliphatic hydroxyl groups is 1. The second-order valence-electron chi connectivity index (χ2n) is 9.76. The van der Waals surface area contributed by atoms with Gasteiger partial charge in [-0.3, -0.25) is 9.59 Å². The van der Waals surface area contributed by atoms with Gasteiger partial charge in [-0.1, -0.05) is 19.3 Å². The van der Waals surface area contributed by atoms with Gasteiger partial charge in [0.25, 0.3) is 5.91 Å². The normalized spacial score (nSPS) is 40.0. The molecular formula is C21H30N2O4. The topological polar surface area (TPSA) is 99.4 Å². The number of carbonyl (C=O) groups is 2. The molecule has 0 unspecified atom stereocenters. The van der Waals surface area contributed by atoms with Gasteiger partial charge in [-0.05, 0) is 70.1 Å². The molecule has 6 nitrogen and oxygen atoms in total. The first-order valence-corrected chi connectivity index (χ1v) is 10.4. The second kappa shape index (κ2) is 6.48. The molecule has 5 saturated carbocycles. The Labute approximate surface area is 160 Å². The summed E-state index contributed by atoms with van der Waals surface area (Å²) >= 11 is 0. The molecule has 0 spiro atoms. The Bertz CT molecular complexity index is 662. The first-order valence-electron chi connectivity index (χ1n) is 10.4. The van der Waals surface area contributed by atoms with Crippen molar-refractivity contribution in [1.82, 2.24) is 5.32 Å². The molecule has 0 saturated heterocycles. The number of rotatable bonds is 4. The monoisotopic (exact) mass is 374 g/mol. The van der Waals surface area contributed by atoms with Crippen LogP contribution in [0.1, 0.15) is 77.6 Å². The number of nitriles is 1. The highest BCUT2D eigenvalue weighted by Gasteiger charge is 2.61. The van der Waals surface area contributed by atoms with E-state index in [1.54, 1.807) is 6.92 Å². The fraction of sp³-hybridized carbons (Fsp3) is 0.857. The molecular weight excluding hydrogens is 344 g/mol. The van der Waals surface area contributed by atoms with E-state index in [1.165, 1.54) is 0 Å². The van der Waals surface area contributed by atoms with Gasteiger partial charge < -0.3 is 15.2 Å². The Kier molecular flexibility index (Phi) is 4.50. The lowest BCUT2D eigenvalue weighted by Gasteiger charge is -2.58. The van der Waals surface area contributed by atoms with Crippen LogP contribution in [0.4, 0.5) is 0 Å². The number of nitrogens with one attached hydrogen (secondary N) is 1. The maximum Gasteiger partial charge on any atom is 0.312 e. The molecule has 148 valence electrons. The Balaban J connectivity index is 1.41.